The fourth-order valence-corrected chi connectivity index (χ4v) is 2.03. The first-order valence-corrected chi connectivity index (χ1v) is 6.65. The molecule has 0 aliphatic heterocycles. The van der Waals surface area contributed by atoms with E-state index in [1.54, 1.807) is 19.2 Å². The summed E-state index contributed by atoms with van der Waals surface area (Å²) in [6.07, 6.45) is 0.803. The van der Waals surface area contributed by atoms with Gasteiger partial charge in [0.2, 0.25) is 0 Å². The molecule has 0 amide bonds. The number of alkyl halides is 2. The maximum absolute atomic E-state index is 12.4. The van der Waals surface area contributed by atoms with E-state index >= 15 is 0 Å². The minimum atomic E-state index is -2.40. The van der Waals surface area contributed by atoms with Gasteiger partial charge < -0.3 is 10.1 Å². The van der Waals surface area contributed by atoms with Crippen LogP contribution in [0.2, 0.25) is 0 Å². The molecule has 0 aliphatic carbocycles. The molecule has 0 bridgehead atoms. The molecule has 0 fully saturated rings. The average molecular weight is 275 g/mol. The Kier molecular flexibility index (Phi) is 5.88. The molecule has 0 saturated carbocycles. The SMILES string of the molecule is COC(C)(C)CCNc1ccccc1SC(F)F. The van der Waals surface area contributed by atoms with Crippen LogP contribution in [0.4, 0.5) is 14.5 Å². The number of hydrogen-bond acceptors (Lipinski definition) is 3. The van der Waals surface area contributed by atoms with Crippen LogP contribution in [0.5, 0.6) is 0 Å². The Balaban J connectivity index is 2.56. The Hall–Kier alpha value is -0.810. The molecule has 18 heavy (non-hydrogen) atoms. The summed E-state index contributed by atoms with van der Waals surface area (Å²) >= 11 is 0.562. The molecule has 0 heterocycles. The minimum Gasteiger partial charge on any atom is -0.384 e. The first-order valence-electron chi connectivity index (χ1n) is 5.77. The van der Waals surface area contributed by atoms with Crippen molar-refractivity contribution >= 4 is 17.4 Å². The van der Waals surface area contributed by atoms with E-state index in [0.717, 1.165) is 12.1 Å². The number of ether oxygens (including phenoxy) is 1. The monoisotopic (exact) mass is 275 g/mol. The fraction of sp³-hybridized carbons (Fsp3) is 0.538. The molecular formula is C13H19F2NOS. The van der Waals surface area contributed by atoms with E-state index in [1.807, 2.05) is 26.0 Å². The molecule has 102 valence electrons. The van der Waals surface area contributed by atoms with Crippen molar-refractivity contribution in [2.75, 3.05) is 19.0 Å². The molecular weight excluding hydrogens is 256 g/mol. The third-order valence-electron chi connectivity index (χ3n) is 2.70. The summed E-state index contributed by atoms with van der Waals surface area (Å²) in [6, 6.07) is 7.10. The molecule has 0 spiro atoms. The van der Waals surface area contributed by atoms with Crippen LogP contribution < -0.4 is 5.32 Å². The molecule has 0 radical (unpaired) electrons. The number of hydrogen-bond donors (Lipinski definition) is 1. The van der Waals surface area contributed by atoms with Gasteiger partial charge in [-0.1, -0.05) is 23.9 Å². The predicted octanol–water partition coefficient (Wildman–Crippen LogP) is 4.23. The second kappa shape index (κ2) is 6.95. The van der Waals surface area contributed by atoms with Crippen LogP contribution in [0.1, 0.15) is 20.3 Å². The Morgan fingerprint density at radius 1 is 1.33 bits per heavy atom. The van der Waals surface area contributed by atoms with Crippen molar-refractivity contribution in [2.24, 2.45) is 0 Å². The molecule has 1 N–H and O–H groups in total. The number of anilines is 1. The van der Waals surface area contributed by atoms with Crippen molar-refractivity contribution in [2.45, 2.75) is 36.5 Å². The van der Waals surface area contributed by atoms with Gasteiger partial charge >= 0.3 is 0 Å². The summed E-state index contributed by atoms with van der Waals surface area (Å²) in [6.45, 7) is 4.67. The number of rotatable bonds is 7. The molecule has 0 aliphatic rings. The second-order valence-electron chi connectivity index (χ2n) is 4.52. The lowest BCUT2D eigenvalue weighted by atomic mass is 10.1. The highest BCUT2D eigenvalue weighted by molar-refractivity contribution is 7.99. The molecule has 0 atom stereocenters. The van der Waals surface area contributed by atoms with E-state index in [9.17, 15) is 8.78 Å². The Morgan fingerprint density at radius 2 is 2.00 bits per heavy atom. The van der Waals surface area contributed by atoms with Crippen LogP contribution in [-0.4, -0.2) is 25.0 Å². The molecule has 2 nitrogen and oxygen atoms in total. The van der Waals surface area contributed by atoms with Gasteiger partial charge in [0.15, 0.2) is 0 Å². The number of halogens is 2. The van der Waals surface area contributed by atoms with Crippen LogP contribution in [-0.2, 0) is 4.74 Å². The maximum Gasteiger partial charge on any atom is 0.288 e. The van der Waals surface area contributed by atoms with Crippen LogP contribution in [0, 0.1) is 0 Å². The Labute approximate surface area is 111 Å². The number of para-hydroxylation sites is 1. The maximum atomic E-state index is 12.4. The van der Waals surface area contributed by atoms with Gasteiger partial charge in [-0.2, -0.15) is 8.78 Å². The van der Waals surface area contributed by atoms with Crippen molar-refractivity contribution in [1.29, 1.82) is 0 Å². The highest BCUT2D eigenvalue weighted by atomic mass is 32.2. The number of thioether (sulfide) groups is 1. The third kappa shape index (κ3) is 5.23. The van der Waals surface area contributed by atoms with E-state index in [4.69, 9.17) is 4.74 Å². The van der Waals surface area contributed by atoms with Gasteiger partial charge in [-0.3, -0.25) is 0 Å². The quantitative estimate of drug-likeness (QED) is 0.752. The van der Waals surface area contributed by atoms with Crippen molar-refractivity contribution in [3.8, 4) is 0 Å². The van der Waals surface area contributed by atoms with Gasteiger partial charge in [0.05, 0.1) is 5.60 Å². The topological polar surface area (TPSA) is 21.3 Å². The number of methoxy groups -OCH3 is 1. The summed E-state index contributed by atoms with van der Waals surface area (Å²) in [4.78, 5) is 0.572. The lowest BCUT2D eigenvalue weighted by Crippen LogP contribution is -2.25. The van der Waals surface area contributed by atoms with Gasteiger partial charge in [0.25, 0.3) is 5.76 Å². The number of benzene rings is 1. The van der Waals surface area contributed by atoms with Gasteiger partial charge in [-0.15, -0.1) is 0 Å². The van der Waals surface area contributed by atoms with Crippen LogP contribution in [0.25, 0.3) is 0 Å². The van der Waals surface area contributed by atoms with Gasteiger partial charge in [0, 0.05) is 24.2 Å². The van der Waals surface area contributed by atoms with E-state index in [2.05, 4.69) is 5.32 Å². The predicted molar refractivity (Wildman–Crippen MR) is 72.5 cm³/mol. The minimum absolute atomic E-state index is 0.211. The van der Waals surface area contributed by atoms with Gasteiger partial charge in [0.1, 0.15) is 0 Å². The standard InChI is InChI=1S/C13H19F2NOS/c1-13(2,17-3)8-9-16-10-6-4-5-7-11(10)18-12(14)15/h4-7,12,16H,8-9H2,1-3H3. The van der Waals surface area contributed by atoms with Crippen molar-refractivity contribution in [3.05, 3.63) is 24.3 Å². The Bertz CT molecular complexity index is 372. The van der Waals surface area contributed by atoms with E-state index in [-0.39, 0.29) is 5.60 Å². The first kappa shape index (κ1) is 15.2. The summed E-state index contributed by atoms with van der Waals surface area (Å²) in [5.74, 6) is -2.40. The highest BCUT2D eigenvalue weighted by Crippen LogP contribution is 2.31. The smallest absolute Gasteiger partial charge is 0.288 e. The van der Waals surface area contributed by atoms with Crippen molar-refractivity contribution in [1.82, 2.24) is 0 Å². The summed E-state index contributed by atoms with van der Waals surface area (Å²) in [7, 11) is 1.67. The van der Waals surface area contributed by atoms with Gasteiger partial charge in [-0.25, -0.2) is 0 Å². The zero-order valence-electron chi connectivity index (χ0n) is 10.9. The van der Waals surface area contributed by atoms with E-state index in [0.29, 0.717) is 23.2 Å². The summed E-state index contributed by atoms with van der Waals surface area (Å²) < 4.78 is 30.1. The van der Waals surface area contributed by atoms with Crippen LogP contribution >= 0.6 is 11.8 Å². The second-order valence-corrected chi connectivity index (χ2v) is 5.55. The molecule has 1 aromatic rings. The van der Waals surface area contributed by atoms with Crippen molar-refractivity contribution < 1.29 is 13.5 Å². The fourth-order valence-electron chi connectivity index (χ4n) is 1.41. The Morgan fingerprint density at radius 3 is 2.61 bits per heavy atom. The lowest BCUT2D eigenvalue weighted by Gasteiger charge is -2.23. The average Bonchev–Trinajstić information content (AvgIpc) is 2.30. The molecule has 5 heteroatoms. The zero-order chi connectivity index (χ0) is 13.6. The first-order chi connectivity index (χ1) is 8.44. The van der Waals surface area contributed by atoms with E-state index < -0.39 is 5.76 Å². The summed E-state index contributed by atoms with van der Waals surface area (Å²) in [5, 5.41) is 3.17. The van der Waals surface area contributed by atoms with Crippen LogP contribution in [0.3, 0.4) is 0 Å². The molecule has 0 unspecified atom stereocenters. The zero-order valence-corrected chi connectivity index (χ0v) is 11.7. The molecule has 0 saturated heterocycles. The highest BCUT2D eigenvalue weighted by Gasteiger charge is 2.16. The molecule has 0 aromatic heterocycles. The summed E-state index contributed by atoms with van der Waals surface area (Å²) in [5.41, 5.74) is 0.535. The third-order valence-corrected chi connectivity index (χ3v) is 3.49. The normalized spacial score (nSPS) is 11.9. The number of nitrogens with one attached hydrogen (secondary N) is 1. The van der Waals surface area contributed by atoms with E-state index in [1.165, 1.54) is 0 Å². The van der Waals surface area contributed by atoms with Crippen LogP contribution in [0.15, 0.2) is 29.2 Å². The molecule has 1 aromatic carbocycles. The lowest BCUT2D eigenvalue weighted by molar-refractivity contribution is 0.0185. The largest absolute Gasteiger partial charge is 0.384 e. The van der Waals surface area contributed by atoms with Gasteiger partial charge in [-0.05, 0) is 32.4 Å². The molecule has 1 rings (SSSR count). The van der Waals surface area contributed by atoms with Crippen molar-refractivity contribution in [3.63, 3.8) is 0 Å².